The summed E-state index contributed by atoms with van der Waals surface area (Å²) in [5, 5.41) is 44.9. The van der Waals surface area contributed by atoms with Crippen LogP contribution >= 0.6 is 0 Å². The van der Waals surface area contributed by atoms with Crippen LogP contribution in [0.3, 0.4) is 0 Å². The Morgan fingerprint density at radius 1 is 1.09 bits per heavy atom. The zero-order valence-electron chi connectivity index (χ0n) is 29.4. The summed E-state index contributed by atoms with van der Waals surface area (Å²) in [6.07, 6.45) is 6.86. The van der Waals surface area contributed by atoms with Crippen molar-refractivity contribution in [3.63, 3.8) is 0 Å². The number of fused-ring (bicyclic) bond motifs is 5. The molecule has 1 heterocycles. The Morgan fingerprint density at radius 3 is 2.51 bits per heavy atom. The van der Waals surface area contributed by atoms with Gasteiger partial charge in [0, 0.05) is 13.8 Å². The lowest BCUT2D eigenvalue weighted by Crippen LogP contribution is -2.65. The largest absolute Gasteiger partial charge is 0.466 e. The van der Waals surface area contributed by atoms with E-state index in [4.69, 9.17) is 14.2 Å². The predicted molar refractivity (Wildman–Crippen MR) is 176 cm³/mol. The molecule has 5 N–H and O–H groups in total. The molecule has 0 aromatic rings. The molecule has 1 amide bonds. The number of nitrogens with one attached hydrogen (secondary N) is 1. The van der Waals surface area contributed by atoms with Gasteiger partial charge in [-0.15, -0.1) is 0 Å². The van der Waals surface area contributed by atoms with Crippen LogP contribution in [0.2, 0.25) is 0 Å². The Kier molecular flexibility index (Phi) is 11.5. The molecule has 47 heavy (non-hydrogen) atoms. The normalized spacial score (nSPS) is 44.3. The summed E-state index contributed by atoms with van der Waals surface area (Å²) < 4.78 is 18.3. The molecule has 0 aromatic heterocycles. The number of hydrogen-bond acceptors (Lipinski definition) is 9. The second-order valence-corrected chi connectivity index (χ2v) is 16.4. The number of esters is 1. The Labute approximate surface area is 281 Å². The molecule has 0 radical (unpaired) electrons. The average molecular weight is 664 g/mol. The third-order valence-corrected chi connectivity index (χ3v) is 13.3. The highest BCUT2D eigenvalue weighted by molar-refractivity contribution is 5.73. The van der Waals surface area contributed by atoms with Gasteiger partial charge in [0.05, 0.1) is 25.4 Å². The number of ether oxygens (including phenoxy) is 3. The maximum Gasteiger partial charge on any atom is 0.302 e. The van der Waals surface area contributed by atoms with Crippen LogP contribution in [0.5, 0.6) is 0 Å². The molecule has 0 aromatic carbocycles. The first-order chi connectivity index (χ1) is 22.2. The fourth-order valence-electron chi connectivity index (χ4n) is 10.8. The van der Waals surface area contributed by atoms with Crippen LogP contribution in [0.4, 0.5) is 0 Å². The maximum atomic E-state index is 12.2. The van der Waals surface area contributed by atoms with Gasteiger partial charge < -0.3 is 40.0 Å². The number of amides is 1. The highest BCUT2D eigenvalue weighted by Crippen LogP contribution is 2.68. The third-order valence-electron chi connectivity index (χ3n) is 13.3. The van der Waals surface area contributed by atoms with Crippen LogP contribution in [0.15, 0.2) is 11.6 Å². The van der Waals surface area contributed by atoms with Crippen LogP contribution in [-0.4, -0.2) is 88.4 Å². The molecule has 3 unspecified atom stereocenters. The molecule has 10 heteroatoms. The monoisotopic (exact) mass is 663 g/mol. The lowest BCUT2D eigenvalue weighted by molar-refractivity contribution is -0.289. The maximum absolute atomic E-state index is 12.2. The molecule has 268 valence electrons. The van der Waals surface area contributed by atoms with Gasteiger partial charge in [-0.25, -0.2) is 0 Å². The van der Waals surface area contributed by atoms with Crippen LogP contribution < -0.4 is 5.32 Å². The fraction of sp³-hybridized carbons (Fsp3) is 0.892. The second kappa shape index (κ2) is 14.7. The number of carbonyl (C=O) groups is 2. The van der Waals surface area contributed by atoms with Crippen molar-refractivity contribution < 1.29 is 44.2 Å². The van der Waals surface area contributed by atoms with Gasteiger partial charge in [-0.2, -0.15) is 0 Å². The van der Waals surface area contributed by atoms with Gasteiger partial charge in [0.15, 0.2) is 6.29 Å². The van der Waals surface area contributed by atoms with Gasteiger partial charge in [-0.05, 0) is 97.7 Å². The van der Waals surface area contributed by atoms with E-state index in [1.807, 2.05) is 0 Å². The van der Waals surface area contributed by atoms with E-state index >= 15 is 0 Å². The standard InChI is InChI=1S/C37H61NO9/c1-20(19-45-23(4)41)8-7-9-21(2)28-17-29(46-35-32(38-22(3)40)34(44)33(43)30(18-39)47-35)31-26-11-10-24-16-25(42)12-14-36(24,5)27(26)13-15-37(28,31)6/h10,20-21,25-35,39,42-44H,7-9,11-19H2,1-6H3,(H,38,40)/t20-,21-,25?,26-,27+,28-,29?,30-,31?,32-,33-,34+,35-,36+,37-/m1/s1. The number of aliphatic hydroxyl groups excluding tert-OH is 4. The van der Waals surface area contributed by atoms with Crippen LogP contribution in [0.1, 0.15) is 106 Å². The minimum absolute atomic E-state index is 0.0111. The number of aliphatic hydroxyl groups is 4. The molecule has 1 aliphatic heterocycles. The topological polar surface area (TPSA) is 155 Å². The smallest absolute Gasteiger partial charge is 0.302 e. The molecule has 0 bridgehead atoms. The van der Waals surface area contributed by atoms with Crippen molar-refractivity contribution in [3.05, 3.63) is 11.6 Å². The lowest BCUT2D eigenvalue weighted by Gasteiger charge is -2.59. The summed E-state index contributed by atoms with van der Waals surface area (Å²) in [5.74, 6) is 1.60. The Bertz CT molecular complexity index is 1150. The van der Waals surface area contributed by atoms with Crippen LogP contribution in [0, 0.1) is 46.3 Å². The summed E-state index contributed by atoms with van der Waals surface area (Å²) in [5.41, 5.74) is 1.48. The van der Waals surface area contributed by atoms with E-state index in [0.29, 0.717) is 36.2 Å². The molecule has 4 fully saturated rings. The molecule has 5 aliphatic rings. The van der Waals surface area contributed by atoms with E-state index in [1.165, 1.54) is 19.4 Å². The van der Waals surface area contributed by atoms with Crippen LogP contribution in [-0.2, 0) is 23.8 Å². The lowest BCUT2D eigenvalue weighted by atomic mass is 9.46. The molecule has 3 saturated carbocycles. The second-order valence-electron chi connectivity index (χ2n) is 16.4. The Morgan fingerprint density at radius 2 is 1.83 bits per heavy atom. The van der Waals surface area contributed by atoms with Gasteiger partial charge in [0.2, 0.25) is 5.91 Å². The van der Waals surface area contributed by atoms with Gasteiger partial charge in [-0.1, -0.05) is 52.2 Å². The fourth-order valence-corrected chi connectivity index (χ4v) is 10.8. The third kappa shape index (κ3) is 7.34. The molecule has 5 rings (SSSR count). The van der Waals surface area contributed by atoms with E-state index < -0.39 is 37.3 Å². The zero-order valence-corrected chi connectivity index (χ0v) is 29.4. The molecule has 15 atom stereocenters. The molecule has 1 saturated heterocycles. The van der Waals surface area contributed by atoms with Crippen LogP contribution in [0.25, 0.3) is 0 Å². The molecule has 0 spiro atoms. The van der Waals surface area contributed by atoms with Gasteiger partial charge in [-0.3, -0.25) is 9.59 Å². The summed E-state index contributed by atoms with van der Waals surface area (Å²) in [7, 11) is 0. The SMILES string of the molecule is CC(=O)N[C@H]1[C@H](OC2C[C@H]([C@H](C)CCC[C@@H](C)COC(C)=O)[C@@]3(C)CC[C@H]4[C@@H](CC=C5CC(O)CC[C@@]54C)C23)O[C@H](CO)[C@@H](O)[C@H]1O. The number of allylic oxidation sites excluding steroid dienone is 1. The molecular formula is C37H61NO9. The van der Waals surface area contributed by atoms with E-state index in [1.54, 1.807) is 0 Å². The Hall–Kier alpha value is -1.56. The van der Waals surface area contributed by atoms with Gasteiger partial charge in [0.1, 0.15) is 24.4 Å². The zero-order chi connectivity index (χ0) is 34.3. The summed E-state index contributed by atoms with van der Waals surface area (Å²) in [6.45, 7) is 12.1. The quantitative estimate of drug-likeness (QED) is 0.164. The minimum Gasteiger partial charge on any atom is -0.466 e. The number of carbonyl (C=O) groups excluding carboxylic acids is 2. The highest BCUT2D eigenvalue weighted by Gasteiger charge is 2.63. The van der Waals surface area contributed by atoms with Crippen molar-refractivity contribution in [3.8, 4) is 0 Å². The predicted octanol–water partition coefficient (Wildman–Crippen LogP) is 3.87. The number of rotatable bonds is 11. The molecule has 10 nitrogen and oxygen atoms in total. The van der Waals surface area contributed by atoms with Crippen molar-refractivity contribution in [2.75, 3.05) is 13.2 Å². The first kappa shape index (κ1) is 36.7. The van der Waals surface area contributed by atoms with E-state index in [2.05, 4.69) is 39.1 Å². The first-order valence-electron chi connectivity index (χ1n) is 18.3. The van der Waals surface area contributed by atoms with E-state index in [9.17, 15) is 30.0 Å². The van der Waals surface area contributed by atoms with Gasteiger partial charge in [0.25, 0.3) is 0 Å². The van der Waals surface area contributed by atoms with E-state index in [-0.39, 0.29) is 40.8 Å². The highest BCUT2D eigenvalue weighted by atomic mass is 16.7. The minimum atomic E-state index is -1.36. The summed E-state index contributed by atoms with van der Waals surface area (Å²) >= 11 is 0. The first-order valence-corrected chi connectivity index (χ1v) is 18.3. The van der Waals surface area contributed by atoms with Crippen molar-refractivity contribution in [2.24, 2.45) is 46.3 Å². The van der Waals surface area contributed by atoms with E-state index in [0.717, 1.165) is 64.2 Å². The van der Waals surface area contributed by atoms with Crippen molar-refractivity contribution in [1.29, 1.82) is 0 Å². The molecule has 4 aliphatic carbocycles. The van der Waals surface area contributed by atoms with Crippen molar-refractivity contribution in [2.45, 2.75) is 149 Å². The number of hydrogen-bond donors (Lipinski definition) is 5. The summed E-state index contributed by atoms with van der Waals surface area (Å²) in [4.78, 5) is 23.5. The average Bonchev–Trinajstić information content (AvgIpc) is 3.31. The van der Waals surface area contributed by atoms with Crippen molar-refractivity contribution in [1.82, 2.24) is 5.32 Å². The molecular weight excluding hydrogens is 602 g/mol. The van der Waals surface area contributed by atoms with Crippen molar-refractivity contribution >= 4 is 11.9 Å². The summed E-state index contributed by atoms with van der Waals surface area (Å²) in [6, 6.07) is -0.971. The Balaban J connectivity index is 1.41. The van der Waals surface area contributed by atoms with Gasteiger partial charge >= 0.3 is 5.97 Å².